The molecule has 0 unspecified atom stereocenters. The number of carbonyl (C=O) groups excluding carboxylic acids is 1. The van der Waals surface area contributed by atoms with Crippen LogP contribution in [0, 0.1) is 6.92 Å². The molecule has 138 valence electrons. The molecule has 0 aromatic heterocycles. The van der Waals surface area contributed by atoms with Crippen molar-refractivity contribution in [3.63, 3.8) is 0 Å². The van der Waals surface area contributed by atoms with E-state index in [0.717, 1.165) is 16.8 Å². The van der Waals surface area contributed by atoms with Crippen molar-refractivity contribution in [1.29, 1.82) is 0 Å². The van der Waals surface area contributed by atoms with Crippen molar-refractivity contribution in [1.82, 2.24) is 10.6 Å². The Bertz CT molecular complexity index is 956. The first-order valence-corrected chi connectivity index (χ1v) is 8.98. The molecule has 6 nitrogen and oxygen atoms in total. The molecule has 7 heteroatoms. The summed E-state index contributed by atoms with van der Waals surface area (Å²) < 4.78 is 11.0. The van der Waals surface area contributed by atoms with Crippen LogP contribution in [-0.4, -0.2) is 17.8 Å². The Morgan fingerprint density at radius 2 is 1.85 bits per heavy atom. The van der Waals surface area contributed by atoms with Crippen LogP contribution in [0.4, 0.5) is 5.69 Å². The predicted molar refractivity (Wildman–Crippen MR) is 107 cm³/mol. The molecule has 2 heterocycles. The minimum atomic E-state index is -0.392. The zero-order valence-electron chi connectivity index (χ0n) is 15.0. The maximum absolute atomic E-state index is 13.1. The third-order valence-electron chi connectivity index (χ3n) is 4.62. The van der Waals surface area contributed by atoms with Crippen LogP contribution < -0.4 is 25.4 Å². The Morgan fingerprint density at radius 3 is 2.59 bits per heavy atom. The molecule has 0 aliphatic carbocycles. The van der Waals surface area contributed by atoms with Crippen molar-refractivity contribution in [2.24, 2.45) is 0 Å². The fraction of sp³-hybridized carbons (Fsp3) is 0.200. The Kier molecular flexibility index (Phi) is 4.45. The lowest BCUT2D eigenvalue weighted by molar-refractivity contribution is -0.113. The number of allylic oxidation sites excluding steroid dienone is 1. The van der Waals surface area contributed by atoms with Gasteiger partial charge in [0.2, 0.25) is 6.79 Å². The molecule has 1 atom stereocenters. The minimum Gasteiger partial charge on any atom is -0.454 e. The number of rotatable bonds is 3. The van der Waals surface area contributed by atoms with Gasteiger partial charge in [0.25, 0.3) is 5.91 Å². The molecule has 0 bridgehead atoms. The minimum absolute atomic E-state index is 0.191. The van der Waals surface area contributed by atoms with Crippen LogP contribution >= 0.6 is 12.2 Å². The van der Waals surface area contributed by atoms with Crippen LogP contribution in [0.5, 0.6) is 11.5 Å². The van der Waals surface area contributed by atoms with Gasteiger partial charge >= 0.3 is 0 Å². The van der Waals surface area contributed by atoms with Gasteiger partial charge in [0.05, 0.1) is 11.6 Å². The lowest BCUT2D eigenvalue weighted by Gasteiger charge is -2.31. The van der Waals surface area contributed by atoms with E-state index in [9.17, 15) is 4.79 Å². The van der Waals surface area contributed by atoms with E-state index in [-0.39, 0.29) is 12.7 Å². The highest BCUT2D eigenvalue weighted by atomic mass is 32.1. The van der Waals surface area contributed by atoms with E-state index in [4.69, 9.17) is 21.7 Å². The lowest BCUT2D eigenvalue weighted by atomic mass is 9.91. The van der Waals surface area contributed by atoms with E-state index < -0.39 is 6.04 Å². The molecular weight excluding hydrogens is 362 g/mol. The van der Waals surface area contributed by atoms with Crippen LogP contribution in [0.2, 0.25) is 0 Å². The number of amides is 1. The number of ether oxygens (including phenoxy) is 2. The molecule has 2 aromatic carbocycles. The van der Waals surface area contributed by atoms with E-state index in [1.807, 2.05) is 56.3 Å². The number of benzene rings is 2. The summed E-state index contributed by atoms with van der Waals surface area (Å²) in [6.45, 7) is 4.03. The number of carbonyl (C=O) groups is 1. The van der Waals surface area contributed by atoms with E-state index in [0.29, 0.717) is 27.9 Å². The fourth-order valence-electron chi connectivity index (χ4n) is 3.32. The third kappa shape index (κ3) is 3.33. The molecule has 27 heavy (non-hydrogen) atoms. The largest absolute Gasteiger partial charge is 0.454 e. The van der Waals surface area contributed by atoms with Crippen molar-refractivity contribution in [3.8, 4) is 11.5 Å². The average Bonchev–Trinajstić information content (AvgIpc) is 3.08. The number of para-hydroxylation sites is 1. The first-order chi connectivity index (χ1) is 13.0. The highest BCUT2D eigenvalue weighted by molar-refractivity contribution is 7.80. The van der Waals surface area contributed by atoms with Gasteiger partial charge in [-0.1, -0.05) is 18.2 Å². The Labute approximate surface area is 162 Å². The number of hydrogen-bond donors (Lipinski definition) is 3. The first-order valence-electron chi connectivity index (χ1n) is 8.58. The molecule has 0 saturated carbocycles. The van der Waals surface area contributed by atoms with Crippen molar-refractivity contribution in [2.45, 2.75) is 19.9 Å². The molecule has 0 fully saturated rings. The Balaban J connectivity index is 1.73. The summed E-state index contributed by atoms with van der Waals surface area (Å²) in [5, 5.41) is 9.70. The highest BCUT2D eigenvalue weighted by Gasteiger charge is 2.32. The van der Waals surface area contributed by atoms with Gasteiger partial charge < -0.3 is 25.4 Å². The van der Waals surface area contributed by atoms with Gasteiger partial charge in [0.1, 0.15) is 0 Å². The topological polar surface area (TPSA) is 71.6 Å². The van der Waals surface area contributed by atoms with Crippen molar-refractivity contribution in [2.75, 3.05) is 12.1 Å². The van der Waals surface area contributed by atoms with Crippen molar-refractivity contribution in [3.05, 3.63) is 64.9 Å². The SMILES string of the molecule is CC1=C(C(=O)Nc2ccccc2)[C@@H](c2cc3c(cc2C)OCO3)NC(=S)N1. The monoisotopic (exact) mass is 381 g/mol. The summed E-state index contributed by atoms with van der Waals surface area (Å²) in [6.07, 6.45) is 0. The number of anilines is 1. The molecular formula is C20H19N3O3S. The summed E-state index contributed by atoms with van der Waals surface area (Å²) in [5.74, 6) is 1.19. The van der Waals surface area contributed by atoms with Crippen molar-refractivity contribution >= 4 is 28.9 Å². The summed E-state index contributed by atoms with van der Waals surface area (Å²) in [6, 6.07) is 12.8. The lowest BCUT2D eigenvalue weighted by Crippen LogP contribution is -2.46. The first kappa shape index (κ1) is 17.4. The summed E-state index contributed by atoms with van der Waals surface area (Å²) in [7, 11) is 0. The number of aryl methyl sites for hydroxylation is 1. The quantitative estimate of drug-likeness (QED) is 0.710. The normalized spacial score (nSPS) is 18.0. The number of thiocarbonyl (C=S) groups is 1. The van der Waals surface area contributed by atoms with Gasteiger partial charge in [-0.15, -0.1) is 0 Å². The second kappa shape index (κ2) is 6.92. The van der Waals surface area contributed by atoms with Gasteiger partial charge in [-0.25, -0.2) is 0 Å². The van der Waals surface area contributed by atoms with Crippen LogP contribution in [-0.2, 0) is 4.79 Å². The van der Waals surface area contributed by atoms with E-state index in [2.05, 4.69) is 16.0 Å². The van der Waals surface area contributed by atoms with Crippen LogP contribution in [0.25, 0.3) is 0 Å². The van der Waals surface area contributed by atoms with E-state index in [1.165, 1.54) is 0 Å². The van der Waals surface area contributed by atoms with E-state index >= 15 is 0 Å². The van der Waals surface area contributed by atoms with Gasteiger partial charge in [0.15, 0.2) is 16.6 Å². The van der Waals surface area contributed by atoms with Crippen LogP contribution in [0.15, 0.2) is 53.7 Å². The zero-order valence-corrected chi connectivity index (χ0v) is 15.8. The van der Waals surface area contributed by atoms with E-state index in [1.54, 1.807) is 0 Å². The maximum Gasteiger partial charge on any atom is 0.255 e. The summed E-state index contributed by atoms with van der Waals surface area (Å²) >= 11 is 5.33. The Morgan fingerprint density at radius 1 is 1.15 bits per heavy atom. The molecule has 0 radical (unpaired) electrons. The third-order valence-corrected chi connectivity index (χ3v) is 4.84. The van der Waals surface area contributed by atoms with Gasteiger partial charge in [-0.2, -0.15) is 0 Å². The molecule has 0 spiro atoms. The van der Waals surface area contributed by atoms with Crippen molar-refractivity contribution < 1.29 is 14.3 Å². The molecule has 3 N–H and O–H groups in total. The summed E-state index contributed by atoms with van der Waals surface area (Å²) in [5.41, 5.74) is 3.93. The zero-order chi connectivity index (χ0) is 19.0. The average molecular weight is 381 g/mol. The molecule has 2 aliphatic heterocycles. The van der Waals surface area contributed by atoms with Crippen LogP contribution in [0.3, 0.4) is 0 Å². The standard InChI is InChI=1S/C20H19N3O3S/c1-11-8-15-16(26-10-25-15)9-14(11)18-17(12(2)21-20(27)23-18)19(24)22-13-6-4-3-5-7-13/h3-9,18H,10H2,1-2H3,(H,22,24)(H2,21,23,27)/t18-/m1/s1. The van der Waals surface area contributed by atoms with Gasteiger partial charge in [-0.3, -0.25) is 4.79 Å². The second-order valence-corrected chi connectivity index (χ2v) is 6.86. The predicted octanol–water partition coefficient (Wildman–Crippen LogP) is 3.16. The summed E-state index contributed by atoms with van der Waals surface area (Å²) in [4.78, 5) is 13.1. The molecule has 4 rings (SSSR count). The number of nitrogens with one attached hydrogen (secondary N) is 3. The van der Waals surface area contributed by atoms with Gasteiger partial charge in [0, 0.05) is 11.4 Å². The van der Waals surface area contributed by atoms with Gasteiger partial charge in [-0.05, 0) is 61.5 Å². The second-order valence-electron chi connectivity index (χ2n) is 6.45. The molecule has 2 aliphatic rings. The molecule has 1 amide bonds. The number of hydrogen-bond acceptors (Lipinski definition) is 4. The fourth-order valence-corrected chi connectivity index (χ4v) is 3.59. The maximum atomic E-state index is 13.1. The molecule has 0 saturated heterocycles. The Hall–Kier alpha value is -3.06. The number of fused-ring (bicyclic) bond motifs is 1. The van der Waals surface area contributed by atoms with Crippen LogP contribution in [0.1, 0.15) is 24.1 Å². The molecule has 2 aromatic rings. The smallest absolute Gasteiger partial charge is 0.255 e. The highest BCUT2D eigenvalue weighted by Crippen LogP contribution is 2.39.